The standard InChI is InChI=1S/C16H16ClN3O3S2/c17-14-6-8-16(24-14)25(21,22)20-12-2-4-13(5-3-12)23-15-7-1-11(9-18)10-19-15/h1,6-8,10,12-13,20H,2-5H2. The molecule has 0 unspecified atom stereocenters. The number of thiophene rings is 1. The van der Waals surface area contributed by atoms with Crippen LogP contribution in [0.25, 0.3) is 0 Å². The van der Waals surface area contributed by atoms with Crippen LogP contribution in [0, 0.1) is 11.3 Å². The second-order valence-corrected chi connectivity index (χ2v) is 9.42. The van der Waals surface area contributed by atoms with Gasteiger partial charge in [-0.25, -0.2) is 18.1 Å². The summed E-state index contributed by atoms with van der Waals surface area (Å²) in [6.45, 7) is 0. The number of pyridine rings is 1. The quantitative estimate of drug-likeness (QED) is 0.835. The Labute approximate surface area is 155 Å². The van der Waals surface area contributed by atoms with Gasteiger partial charge >= 0.3 is 0 Å². The van der Waals surface area contributed by atoms with E-state index in [9.17, 15) is 8.42 Å². The minimum atomic E-state index is -3.52. The molecule has 132 valence electrons. The van der Waals surface area contributed by atoms with E-state index < -0.39 is 10.0 Å². The van der Waals surface area contributed by atoms with Crippen molar-refractivity contribution in [2.24, 2.45) is 0 Å². The smallest absolute Gasteiger partial charge is 0.250 e. The lowest BCUT2D eigenvalue weighted by atomic mass is 9.94. The molecule has 2 heterocycles. The average Bonchev–Trinajstić information content (AvgIpc) is 3.05. The fourth-order valence-electron chi connectivity index (χ4n) is 2.71. The second kappa shape index (κ2) is 7.70. The minimum Gasteiger partial charge on any atom is -0.474 e. The third-order valence-corrected chi connectivity index (χ3v) is 7.21. The maximum Gasteiger partial charge on any atom is 0.250 e. The molecule has 0 aliphatic heterocycles. The summed E-state index contributed by atoms with van der Waals surface area (Å²) in [6.07, 6.45) is 4.33. The van der Waals surface area contributed by atoms with Gasteiger partial charge in [0.2, 0.25) is 15.9 Å². The summed E-state index contributed by atoms with van der Waals surface area (Å²) in [5.41, 5.74) is 0.485. The normalized spacial score (nSPS) is 20.8. The number of rotatable bonds is 5. The summed E-state index contributed by atoms with van der Waals surface area (Å²) in [6, 6.07) is 8.33. The first-order valence-electron chi connectivity index (χ1n) is 7.77. The molecule has 2 aromatic rings. The molecule has 1 N–H and O–H groups in total. The SMILES string of the molecule is N#Cc1ccc(OC2CCC(NS(=O)(=O)c3ccc(Cl)s3)CC2)nc1. The number of hydrogen-bond acceptors (Lipinski definition) is 6. The van der Waals surface area contributed by atoms with E-state index in [4.69, 9.17) is 21.6 Å². The van der Waals surface area contributed by atoms with Gasteiger partial charge < -0.3 is 4.74 Å². The summed E-state index contributed by atoms with van der Waals surface area (Å²) in [7, 11) is -3.52. The molecule has 0 saturated heterocycles. The van der Waals surface area contributed by atoms with E-state index in [0.29, 0.717) is 28.6 Å². The molecule has 2 aromatic heterocycles. The van der Waals surface area contributed by atoms with Gasteiger partial charge in [0.1, 0.15) is 16.4 Å². The lowest BCUT2D eigenvalue weighted by molar-refractivity contribution is 0.138. The van der Waals surface area contributed by atoms with Crippen molar-refractivity contribution in [3.05, 3.63) is 40.4 Å². The first-order chi connectivity index (χ1) is 12.0. The van der Waals surface area contributed by atoms with E-state index >= 15 is 0 Å². The molecule has 6 nitrogen and oxygen atoms in total. The molecule has 25 heavy (non-hydrogen) atoms. The molecule has 0 bridgehead atoms. The number of nitrogens with one attached hydrogen (secondary N) is 1. The van der Waals surface area contributed by atoms with E-state index in [1.165, 1.54) is 12.3 Å². The molecule has 1 saturated carbocycles. The highest BCUT2D eigenvalue weighted by atomic mass is 35.5. The molecule has 1 fully saturated rings. The molecule has 0 spiro atoms. The summed E-state index contributed by atoms with van der Waals surface area (Å²) in [4.78, 5) is 4.10. The van der Waals surface area contributed by atoms with Crippen LogP contribution in [-0.2, 0) is 10.0 Å². The van der Waals surface area contributed by atoms with Gasteiger partial charge in [-0.2, -0.15) is 5.26 Å². The molecule has 0 radical (unpaired) electrons. The Kier molecular flexibility index (Phi) is 5.59. The Bertz CT molecular complexity index is 867. The highest BCUT2D eigenvalue weighted by molar-refractivity contribution is 7.91. The van der Waals surface area contributed by atoms with Gasteiger partial charge in [-0.15, -0.1) is 11.3 Å². The van der Waals surface area contributed by atoms with E-state index in [1.54, 1.807) is 18.2 Å². The number of halogens is 1. The Hall–Kier alpha value is -1.66. The number of nitrogens with zero attached hydrogens (tertiary/aromatic N) is 2. The van der Waals surface area contributed by atoms with Gasteiger partial charge in [0.05, 0.1) is 9.90 Å². The first kappa shape index (κ1) is 18.1. The predicted molar refractivity (Wildman–Crippen MR) is 95.3 cm³/mol. The minimum absolute atomic E-state index is 0.00243. The molecule has 0 amide bonds. The Morgan fingerprint density at radius 3 is 2.56 bits per heavy atom. The zero-order valence-corrected chi connectivity index (χ0v) is 15.6. The Balaban J connectivity index is 1.52. The summed E-state index contributed by atoms with van der Waals surface area (Å²) in [5, 5.41) is 8.76. The van der Waals surface area contributed by atoms with Crippen LogP contribution in [0.4, 0.5) is 0 Å². The van der Waals surface area contributed by atoms with E-state index in [1.807, 2.05) is 6.07 Å². The molecular formula is C16H16ClN3O3S2. The molecule has 1 aliphatic rings. The molecule has 3 rings (SSSR count). The number of hydrogen-bond donors (Lipinski definition) is 1. The molecule has 9 heteroatoms. The summed E-state index contributed by atoms with van der Waals surface area (Å²) < 4.78 is 33.9. The van der Waals surface area contributed by atoms with Gasteiger partial charge in [-0.3, -0.25) is 0 Å². The molecule has 0 atom stereocenters. The van der Waals surface area contributed by atoms with Crippen LogP contribution < -0.4 is 9.46 Å². The lowest BCUT2D eigenvalue weighted by Crippen LogP contribution is -2.39. The van der Waals surface area contributed by atoms with Crippen molar-refractivity contribution in [3.8, 4) is 11.9 Å². The lowest BCUT2D eigenvalue weighted by Gasteiger charge is -2.28. The zero-order valence-electron chi connectivity index (χ0n) is 13.2. The maximum absolute atomic E-state index is 12.3. The van der Waals surface area contributed by atoms with Crippen molar-refractivity contribution >= 4 is 33.0 Å². The Morgan fingerprint density at radius 1 is 1.24 bits per heavy atom. The number of nitriles is 1. The van der Waals surface area contributed by atoms with Gasteiger partial charge in [0.15, 0.2) is 0 Å². The van der Waals surface area contributed by atoms with Gasteiger partial charge in [0, 0.05) is 18.3 Å². The van der Waals surface area contributed by atoms with Gasteiger partial charge in [-0.1, -0.05) is 11.6 Å². The number of ether oxygens (including phenoxy) is 1. The van der Waals surface area contributed by atoms with Crippen molar-refractivity contribution in [3.63, 3.8) is 0 Å². The fourth-order valence-corrected chi connectivity index (χ4v) is 5.51. The van der Waals surface area contributed by atoms with Crippen LogP contribution in [0.3, 0.4) is 0 Å². The number of aromatic nitrogens is 1. The van der Waals surface area contributed by atoms with E-state index in [0.717, 1.165) is 24.2 Å². The molecular weight excluding hydrogens is 382 g/mol. The predicted octanol–water partition coefficient (Wildman–Crippen LogP) is 3.34. The summed E-state index contributed by atoms with van der Waals surface area (Å²) >= 11 is 6.86. The maximum atomic E-state index is 12.3. The topological polar surface area (TPSA) is 92.1 Å². The van der Waals surface area contributed by atoms with Crippen LogP contribution in [0.5, 0.6) is 5.88 Å². The molecule has 1 aliphatic carbocycles. The second-order valence-electron chi connectivity index (χ2n) is 5.77. The van der Waals surface area contributed by atoms with Gasteiger partial charge in [-0.05, 0) is 43.9 Å². The molecule has 0 aromatic carbocycles. The third-order valence-electron chi connectivity index (χ3n) is 3.96. The van der Waals surface area contributed by atoms with E-state index in [2.05, 4.69) is 9.71 Å². The van der Waals surface area contributed by atoms with Crippen LogP contribution in [0.2, 0.25) is 4.34 Å². The fraction of sp³-hybridized carbons (Fsp3) is 0.375. The van der Waals surface area contributed by atoms with Crippen LogP contribution >= 0.6 is 22.9 Å². The Morgan fingerprint density at radius 2 is 2.00 bits per heavy atom. The van der Waals surface area contributed by atoms with Crippen molar-refractivity contribution in [2.75, 3.05) is 0 Å². The zero-order chi connectivity index (χ0) is 17.9. The van der Waals surface area contributed by atoms with Crippen LogP contribution in [0.1, 0.15) is 31.2 Å². The van der Waals surface area contributed by atoms with Crippen LogP contribution in [-0.4, -0.2) is 25.5 Å². The summed E-state index contributed by atoms with van der Waals surface area (Å²) in [5.74, 6) is 0.483. The van der Waals surface area contributed by atoms with Crippen molar-refractivity contribution < 1.29 is 13.2 Å². The van der Waals surface area contributed by atoms with Crippen molar-refractivity contribution in [1.82, 2.24) is 9.71 Å². The third kappa shape index (κ3) is 4.70. The first-order valence-corrected chi connectivity index (χ1v) is 10.4. The van der Waals surface area contributed by atoms with Crippen LogP contribution in [0.15, 0.2) is 34.7 Å². The monoisotopic (exact) mass is 397 g/mol. The van der Waals surface area contributed by atoms with E-state index in [-0.39, 0.29) is 16.4 Å². The number of sulfonamides is 1. The highest BCUT2D eigenvalue weighted by Crippen LogP contribution is 2.28. The van der Waals surface area contributed by atoms with Gasteiger partial charge in [0.25, 0.3) is 0 Å². The largest absolute Gasteiger partial charge is 0.474 e. The highest BCUT2D eigenvalue weighted by Gasteiger charge is 2.27. The average molecular weight is 398 g/mol. The van der Waals surface area contributed by atoms with Crippen molar-refractivity contribution in [2.45, 2.75) is 42.0 Å². The van der Waals surface area contributed by atoms with Crippen molar-refractivity contribution in [1.29, 1.82) is 5.26 Å².